The molecular weight excluding hydrogens is 272 g/mol. The summed E-state index contributed by atoms with van der Waals surface area (Å²) in [5, 5.41) is 0. The van der Waals surface area contributed by atoms with Crippen LogP contribution in [0.15, 0.2) is 70.1 Å². The normalized spacial score (nSPS) is 11.1. The average Bonchev–Trinajstić information content (AvgIpc) is 2.94. The fraction of sp³-hybridized carbons (Fsp3) is 0. The third kappa shape index (κ3) is 3.23. The van der Waals surface area contributed by atoms with Crippen molar-refractivity contribution in [2.24, 2.45) is 4.99 Å². The lowest BCUT2D eigenvalue weighted by Gasteiger charge is -1.96. The molecule has 2 aromatic carbocycles. The van der Waals surface area contributed by atoms with Gasteiger partial charge in [-0.2, -0.15) is 0 Å². The lowest BCUT2D eigenvalue weighted by molar-refractivity contribution is 0.573. The highest BCUT2D eigenvalue weighted by Crippen LogP contribution is 2.22. The molecule has 1 aromatic heterocycles. The maximum atomic E-state index is 13.2. The van der Waals surface area contributed by atoms with E-state index in [1.54, 1.807) is 36.4 Å². The monoisotopic (exact) mass is 283 g/mol. The van der Waals surface area contributed by atoms with Gasteiger partial charge in [-0.15, -0.1) is 0 Å². The molecule has 0 radical (unpaired) electrons. The van der Waals surface area contributed by atoms with Crippen molar-refractivity contribution in [1.29, 1.82) is 0 Å². The zero-order valence-electron chi connectivity index (χ0n) is 11.0. The minimum absolute atomic E-state index is 0.320. The Labute approximate surface area is 120 Å². The lowest BCUT2D eigenvalue weighted by Crippen LogP contribution is -1.77. The second kappa shape index (κ2) is 5.71. The molecule has 0 atom stereocenters. The maximum absolute atomic E-state index is 13.2. The van der Waals surface area contributed by atoms with Crippen LogP contribution in [-0.2, 0) is 0 Å². The molecule has 0 saturated carbocycles. The van der Waals surface area contributed by atoms with Crippen molar-refractivity contribution < 1.29 is 13.2 Å². The van der Waals surface area contributed by atoms with Gasteiger partial charge in [-0.05, 0) is 42.5 Å². The largest absolute Gasteiger partial charge is 0.455 e. The van der Waals surface area contributed by atoms with E-state index in [1.165, 1.54) is 30.5 Å². The van der Waals surface area contributed by atoms with E-state index in [4.69, 9.17) is 4.42 Å². The minimum Gasteiger partial charge on any atom is -0.455 e. The van der Waals surface area contributed by atoms with Gasteiger partial charge in [0.2, 0.25) is 0 Å². The molecule has 104 valence electrons. The Morgan fingerprint density at radius 2 is 1.62 bits per heavy atom. The first-order valence-corrected chi connectivity index (χ1v) is 6.36. The Morgan fingerprint density at radius 1 is 0.857 bits per heavy atom. The van der Waals surface area contributed by atoms with Gasteiger partial charge in [0.25, 0.3) is 0 Å². The number of hydrogen-bond acceptors (Lipinski definition) is 2. The van der Waals surface area contributed by atoms with Crippen LogP contribution in [0.25, 0.3) is 11.3 Å². The van der Waals surface area contributed by atoms with Crippen molar-refractivity contribution in [3.63, 3.8) is 0 Å². The van der Waals surface area contributed by atoms with Crippen molar-refractivity contribution in [3.8, 4) is 11.3 Å². The number of nitrogens with zero attached hydrogens (tertiary/aromatic N) is 1. The number of furan rings is 1. The summed E-state index contributed by atoms with van der Waals surface area (Å²) in [6.07, 6.45) is 1.50. The molecule has 1 heterocycles. The van der Waals surface area contributed by atoms with Crippen LogP contribution in [0.3, 0.4) is 0 Å². The van der Waals surface area contributed by atoms with Crippen molar-refractivity contribution >= 4 is 11.9 Å². The SMILES string of the molecule is Fc1cccc(N=Cc2ccc(-c3cccc(F)c3)o2)c1. The molecule has 0 amide bonds. The molecule has 0 bridgehead atoms. The summed E-state index contributed by atoms with van der Waals surface area (Å²) in [6.45, 7) is 0. The highest BCUT2D eigenvalue weighted by molar-refractivity contribution is 5.79. The fourth-order valence-electron chi connectivity index (χ4n) is 1.91. The first-order chi connectivity index (χ1) is 10.2. The Morgan fingerprint density at radius 3 is 2.38 bits per heavy atom. The van der Waals surface area contributed by atoms with Gasteiger partial charge in [0.05, 0.1) is 11.9 Å². The van der Waals surface area contributed by atoms with Crippen molar-refractivity contribution in [3.05, 3.63) is 78.1 Å². The van der Waals surface area contributed by atoms with Gasteiger partial charge in [-0.1, -0.05) is 18.2 Å². The van der Waals surface area contributed by atoms with Crippen molar-refractivity contribution in [2.75, 3.05) is 0 Å². The predicted octanol–water partition coefficient (Wildman–Crippen LogP) is 4.98. The molecule has 3 rings (SSSR count). The first kappa shape index (κ1) is 13.2. The maximum Gasteiger partial charge on any atom is 0.145 e. The van der Waals surface area contributed by atoms with Crippen LogP contribution in [0, 0.1) is 11.6 Å². The highest BCUT2D eigenvalue weighted by atomic mass is 19.1. The third-order valence-corrected chi connectivity index (χ3v) is 2.88. The number of hydrogen-bond donors (Lipinski definition) is 0. The second-order valence-corrected chi connectivity index (χ2v) is 4.45. The lowest BCUT2D eigenvalue weighted by atomic mass is 10.2. The molecular formula is C17H11F2NO. The number of aliphatic imine (C=N–C) groups is 1. The standard InChI is InChI=1S/C17H11F2NO/c18-13-4-1-3-12(9-13)17-8-7-16(21-17)11-20-15-6-2-5-14(19)10-15/h1-11H. The molecule has 0 aliphatic carbocycles. The third-order valence-electron chi connectivity index (χ3n) is 2.88. The molecule has 0 unspecified atom stereocenters. The van der Waals surface area contributed by atoms with Crippen LogP contribution in [0.1, 0.15) is 5.76 Å². The molecule has 0 spiro atoms. The van der Waals surface area contributed by atoms with Crippen molar-refractivity contribution in [2.45, 2.75) is 0 Å². The van der Waals surface area contributed by atoms with Crippen LogP contribution in [0.5, 0.6) is 0 Å². The number of rotatable bonds is 3. The average molecular weight is 283 g/mol. The van der Waals surface area contributed by atoms with Crippen LogP contribution in [-0.4, -0.2) is 6.21 Å². The molecule has 0 N–H and O–H groups in total. The molecule has 0 aliphatic heterocycles. The molecule has 4 heteroatoms. The van der Waals surface area contributed by atoms with Crippen LogP contribution >= 0.6 is 0 Å². The van der Waals surface area contributed by atoms with Crippen LogP contribution < -0.4 is 0 Å². The zero-order chi connectivity index (χ0) is 14.7. The van der Waals surface area contributed by atoms with E-state index in [9.17, 15) is 8.78 Å². The summed E-state index contributed by atoms with van der Waals surface area (Å²) in [6, 6.07) is 15.6. The number of benzene rings is 2. The van der Waals surface area contributed by atoms with Gasteiger partial charge < -0.3 is 4.42 Å². The Kier molecular flexibility index (Phi) is 3.60. The molecule has 2 nitrogen and oxygen atoms in total. The van der Waals surface area contributed by atoms with Gasteiger partial charge >= 0.3 is 0 Å². The zero-order valence-corrected chi connectivity index (χ0v) is 11.0. The van der Waals surface area contributed by atoms with E-state index >= 15 is 0 Å². The summed E-state index contributed by atoms with van der Waals surface area (Å²) in [7, 11) is 0. The van der Waals surface area contributed by atoms with Gasteiger partial charge in [-0.3, -0.25) is 4.99 Å². The summed E-state index contributed by atoms with van der Waals surface area (Å²) in [4.78, 5) is 4.13. The van der Waals surface area contributed by atoms with Crippen LogP contribution in [0.4, 0.5) is 14.5 Å². The molecule has 21 heavy (non-hydrogen) atoms. The van der Waals surface area contributed by atoms with Crippen LogP contribution in [0.2, 0.25) is 0 Å². The Bertz CT molecular complexity index is 793. The minimum atomic E-state index is -0.343. The van der Waals surface area contributed by atoms with E-state index in [0.717, 1.165) is 0 Å². The van der Waals surface area contributed by atoms with E-state index in [0.29, 0.717) is 22.8 Å². The summed E-state index contributed by atoms with van der Waals surface area (Å²) in [5.41, 5.74) is 1.15. The molecule has 0 aliphatic rings. The van der Waals surface area contributed by atoms with Gasteiger partial charge in [0, 0.05) is 5.56 Å². The van der Waals surface area contributed by atoms with E-state index < -0.39 is 0 Å². The van der Waals surface area contributed by atoms with Gasteiger partial charge in [-0.25, -0.2) is 8.78 Å². The van der Waals surface area contributed by atoms with Gasteiger partial charge in [0.15, 0.2) is 0 Å². The molecule has 0 saturated heterocycles. The van der Waals surface area contributed by atoms with Crippen molar-refractivity contribution in [1.82, 2.24) is 0 Å². The number of halogens is 2. The topological polar surface area (TPSA) is 25.5 Å². The summed E-state index contributed by atoms with van der Waals surface area (Å²) in [5.74, 6) is 0.400. The van der Waals surface area contributed by atoms with E-state index in [-0.39, 0.29) is 11.6 Å². The van der Waals surface area contributed by atoms with E-state index in [1.807, 2.05) is 0 Å². The Hall–Kier alpha value is -2.75. The second-order valence-electron chi connectivity index (χ2n) is 4.45. The molecule has 0 fully saturated rings. The fourth-order valence-corrected chi connectivity index (χ4v) is 1.91. The smallest absolute Gasteiger partial charge is 0.145 e. The summed E-state index contributed by atoms with van der Waals surface area (Å²) >= 11 is 0. The first-order valence-electron chi connectivity index (χ1n) is 6.36. The highest BCUT2D eigenvalue weighted by Gasteiger charge is 2.04. The van der Waals surface area contributed by atoms with Gasteiger partial charge in [0.1, 0.15) is 23.2 Å². The quantitative estimate of drug-likeness (QED) is 0.623. The molecule has 3 aromatic rings. The predicted molar refractivity (Wildman–Crippen MR) is 77.8 cm³/mol. The summed E-state index contributed by atoms with van der Waals surface area (Å²) < 4.78 is 31.8. The Balaban J connectivity index is 1.82. The van der Waals surface area contributed by atoms with E-state index in [2.05, 4.69) is 4.99 Å².